The van der Waals surface area contributed by atoms with Crippen molar-refractivity contribution in [3.8, 4) is 11.3 Å². The Morgan fingerprint density at radius 3 is 2.46 bits per heavy atom. The first kappa shape index (κ1) is 24.3. The number of aromatic nitrogens is 2. The van der Waals surface area contributed by atoms with E-state index in [4.69, 9.17) is 4.98 Å². The van der Waals surface area contributed by atoms with E-state index in [1.165, 1.54) is 16.0 Å². The maximum absolute atomic E-state index is 12.8. The summed E-state index contributed by atoms with van der Waals surface area (Å²) in [6, 6.07) is 6.14. The number of nitrogens with zero attached hydrogens (tertiary/aromatic N) is 4. The number of imide groups is 1. The lowest BCUT2D eigenvalue weighted by molar-refractivity contribution is -0.143. The number of aryl methyl sites for hydroxylation is 1. The van der Waals surface area contributed by atoms with Gasteiger partial charge in [-0.05, 0) is 41.7 Å². The van der Waals surface area contributed by atoms with E-state index in [1.54, 1.807) is 11.3 Å². The van der Waals surface area contributed by atoms with E-state index in [0.29, 0.717) is 6.54 Å². The highest BCUT2D eigenvalue weighted by molar-refractivity contribution is 7.19. The third kappa shape index (κ3) is 3.96. The number of fused-ring (bicyclic) bond motifs is 2. The Morgan fingerprint density at radius 2 is 1.74 bits per heavy atom. The molecule has 3 aliphatic rings. The first-order valence-electron chi connectivity index (χ1n) is 12.0. The fraction of sp³-hybridized carbons (Fsp3) is 0.462. The number of likely N-dealkylation sites (tertiary alicyclic amines) is 1. The van der Waals surface area contributed by atoms with Gasteiger partial charge in [0.05, 0.1) is 34.3 Å². The minimum absolute atomic E-state index is 0. The van der Waals surface area contributed by atoms with Crippen LogP contribution >= 0.6 is 23.7 Å². The Labute approximate surface area is 215 Å². The molecule has 3 aromatic heterocycles. The molecule has 0 bridgehead atoms. The fourth-order valence-corrected chi connectivity index (χ4v) is 6.80. The number of pyridine rings is 2. The molecule has 2 unspecified atom stereocenters. The van der Waals surface area contributed by atoms with Crippen LogP contribution in [0.25, 0.3) is 21.5 Å². The minimum Gasteiger partial charge on any atom is -0.314 e. The van der Waals surface area contributed by atoms with Gasteiger partial charge in [0, 0.05) is 55.6 Å². The molecule has 3 fully saturated rings. The molecule has 1 N–H and O–H groups in total. The van der Waals surface area contributed by atoms with Gasteiger partial charge >= 0.3 is 0 Å². The Morgan fingerprint density at radius 1 is 1.06 bits per heavy atom. The van der Waals surface area contributed by atoms with Gasteiger partial charge in [-0.3, -0.25) is 29.4 Å². The van der Waals surface area contributed by atoms with Crippen LogP contribution in [0.1, 0.15) is 29.9 Å². The van der Waals surface area contributed by atoms with Crippen molar-refractivity contribution in [3.05, 3.63) is 46.6 Å². The van der Waals surface area contributed by atoms with Crippen LogP contribution < -0.4 is 5.32 Å². The average molecular weight is 512 g/mol. The van der Waals surface area contributed by atoms with Gasteiger partial charge in [-0.15, -0.1) is 23.7 Å². The average Bonchev–Trinajstić information content (AvgIpc) is 3.07. The molecule has 5 heterocycles. The summed E-state index contributed by atoms with van der Waals surface area (Å²) >= 11 is 1.61. The zero-order valence-corrected chi connectivity index (χ0v) is 21.8. The normalized spacial score (nSPS) is 23.5. The van der Waals surface area contributed by atoms with Gasteiger partial charge in [0.15, 0.2) is 0 Å². The third-order valence-electron chi connectivity index (χ3n) is 7.80. The van der Waals surface area contributed by atoms with E-state index < -0.39 is 0 Å². The van der Waals surface area contributed by atoms with E-state index in [0.717, 1.165) is 59.1 Å². The zero-order chi connectivity index (χ0) is 23.6. The molecule has 0 radical (unpaired) electrons. The molecule has 1 aliphatic carbocycles. The van der Waals surface area contributed by atoms with Crippen LogP contribution in [0.15, 0.2) is 30.6 Å². The number of rotatable bonds is 5. The van der Waals surface area contributed by atoms with Gasteiger partial charge in [0.1, 0.15) is 0 Å². The lowest BCUT2D eigenvalue weighted by Gasteiger charge is -2.28. The van der Waals surface area contributed by atoms with Crippen LogP contribution in [-0.2, 0) is 22.7 Å². The molecule has 2 aliphatic heterocycles. The third-order valence-corrected chi connectivity index (χ3v) is 8.95. The predicted molar refractivity (Wildman–Crippen MR) is 139 cm³/mol. The van der Waals surface area contributed by atoms with Crippen molar-refractivity contribution < 1.29 is 9.59 Å². The number of thiophene rings is 1. The molecule has 7 nitrogen and oxygen atoms in total. The second-order valence-corrected chi connectivity index (χ2v) is 11.4. The summed E-state index contributed by atoms with van der Waals surface area (Å²) in [6.07, 6.45) is 3.71. The van der Waals surface area contributed by atoms with Crippen molar-refractivity contribution >= 4 is 45.8 Å². The van der Waals surface area contributed by atoms with Crippen molar-refractivity contribution in [2.24, 2.45) is 17.3 Å². The Bertz CT molecular complexity index is 1290. The first-order chi connectivity index (χ1) is 16.4. The second kappa shape index (κ2) is 8.92. The van der Waals surface area contributed by atoms with E-state index >= 15 is 0 Å². The number of nitrogens with one attached hydrogen (secondary N) is 1. The fourth-order valence-electron chi connectivity index (χ4n) is 5.68. The van der Waals surface area contributed by atoms with E-state index in [2.05, 4.69) is 28.2 Å². The van der Waals surface area contributed by atoms with Crippen molar-refractivity contribution in [3.63, 3.8) is 0 Å². The summed E-state index contributed by atoms with van der Waals surface area (Å²) in [5, 5.41) is 3.42. The highest BCUT2D eigenvalue weighted by Crippen LogP contribution is 2.63. The van der Waals surface area contributed by atoms with Gasteiger partial charge in [-0.1, -0.05) is 13.8 Å². The second-order valence-electron chi connectivity index (χ2n) is 10.3. The summed E-state index contributed by atoms with van der Waals surface area (Å²) in [5.74, 6) is -0.340. The summed E-state index contributed by atoms with van der Waals surface area (Å²) in [4.78, 5) is 40.0. The monoisotopic (exact) mass is 511 g/mol. The van der Waals surface area contributed by atoms with E-state index in [-0.39, 0.29) is 41.5 Å². The van der Waals surface area contributed by atoms with Crippen LogP contribution in [-0.4, -0.2) is 57.8 Å². The molecule has 1 saturated carbocycles. The Hall–Kier alpha value is -2.39. The van der Waals surface area contributed by atoms with Crippen molar-refractivity contribution in [2.75, 3.05) is 26.2 Å². The van der Waals surface area contributed by atoms with Crippen LogP contribution in [0.3, 0.4) is 0 Å². The molecule has 2 amide bonds. The first-order valence-corrected chi connectivity index (χ1v) is 12.8. The molecular formula is C26H30ClN5O2S. The Kier molecular flexibility index (Phi) is 6.20. The molecule has 0 aromatic carbocycles. The molecule has 0 spiro atoms. The van der Waals surface area contributed by atoms with E-state index in [9.17, 15) is 9.59 Å². The number of hydrogen-bond acceptors (Lipinski definition) is 7. The van der Waals surface area contributed by atoms with Gasteiger partial charge < -0.3 is 5.32 Å². The summed E-state index contributed by atoms with van der Waals surface area (Å²) in [5.41, 5.74) is 5.25. The number of carbonyl (C=O) groups is 2. The number of amides is 2. The number of hydrogen-bond donors (Lipinski definition) is 1. The molecule has 2 saturated heterocycles. The molecule has 3 aromatic rings. The SMILES string of the molecule is Cc1ccnc(-c2ccnc3cc(CN4C(=O)C5C(C4=O)C5(C)C)sc23)c1CN1CCNCC1.Cl. The van der Waals surface area contributed by atoms with Crippen molar-refractivity contribution in [1.29, 1.82) is 0 Å². The largest absolute Gasteiger partial charge is 0.314 e. The van der Waals surface area contributed by atoms with Crippen LogP contribution in [0, 0.1) is 24.2 Å². The number of carbonyl (C=O) groups excluding carboxylic acids is 2. The molecular weight excluding hydrogens is 482 g/mol. The molecule has 6 rings (SSSR count). The highest BCUT2D eigenvalue weighted by atomic mass is 35.5. The summed E-state index contributed by atoms with van der Waals surface area (Å²) in [6.45, 7) is 11.4. The van der Waals surface area contributed by atoms with Gasteiger partial charge in [-0.25, -0.2) is 0 Å². The highest BCUT2D eigenvalue weighted by Gasteiger charge is 2.72. The molecule has 184 valence electrons. The predicted octanol–water partition coefficient (Wildman–Crippen LogP) is 3.63. The van der Waals surface area contributed by atoms with Crippen LogP contribution in [0.4, 0.5) is 0 Å². The van der Waals surface area contributed by atoms with Gasteiger partial charge in [0.25, 0.3) is 0 Å². The standard InChI is InChI=1S/C26H29N5O2S.ClH/c1-15-4-6-29-22(18(15)14-30-10-8-27-9-11-30)17-5-7-28-19-12-16(34-23(17)19)13-31-24(32)20-21(25(31)33)26(20,2)3;/h4-7,12,20-21,27H,8-11,13-14H2,1-3H3;1H. The lowest BCUT2D eigenvalue weighted by atomic mass is 10.0. The van der Waals surface area contributed by atoms with Crippen LogP contribution in [0.5, 0.6) is 0 Å². The number of halogens is 1. The topological polar surface area (TPSA) is 78.4 Å². The minimum atomic E-state index is -0.183. The van der Waals surface area contributed by atoms with Crippen molar-refractivity contribution in [1.82, 2.24) is 25.1 Å². The lowest BCUT2D eigenvalue weighted by Crippen LogP contribution is -2.43. The van der Waals surface area contributed by atoms with Gasteiger partial charge in [0.2, 0.25) is 11.8 Å². The van der Waals surface area contributed by atoms with Gasteiger partial charge in [-0.2, -0.15) is 0 Å². The van der Waals surface area contributed by atoms with Crippen LogP contribution in [0.2, 0.25) is 0 Å². The number of piperazine rings is 1. The maximum atomic E-state index is 12.8. The number of piperidine rings is 1. The van der Waals surface area contributed by atoms with Crippen molar-refractivity contribution in [2.45, 2.75) is 33.9 Å². The van der Waals surface area contributed by atoms with E-state index in [1.807, 2.05) is 38.4 Å². The smallest absolute Gasteiger partial charge is 0.234 e. The quantitative estimate of drug-likeness (QED) is 0.527. The maximum Gasteiger partial charge on any atom is 0.234 e. The summed E-state index contributed by atoms with van der Waals surface area (Å²) < 4.78 is 1.06. The Balaban J connectivity index is 0.00000253. The zero-order valence-electron chi connectivity index (χ0n) is 20.2. The molecule has 35 heavy (non-hydrogen) atoms. The summed E-state index contributed by atoms with van der Waals surface area (Å²) in [7, 11) is 0. The molecule has 2 atom stereocenters. The molecule has 9 heteroatoms.